The molecule has 1 aliphatic heterocycles. The molecule has 1 saturated heterocycles. The summed E-state index contributed by atoms with van der Waals surface area (Å²) < 4.78 is 31.9. The molecule has 1 heterocycles. The van der Waals surface area contributed by atoms with Crippen molar-refractivity contribution < 1.29 is 13.2 Å². The van der Waals surface area contributed by atoms with Crippen molar-refractivity contribution in [3.05, 3.63) is 23.8 Å². The van der Waals surface area contributed by atoms with Gasteiger partial charge in [-0.3, -0.25) is 0 Å². The van der Waals surface area contributed by atoms with E-state index in [-0.39, 0.29) is 4.90 Å². The van der Waals surface area contributed by atoms with Crippen LogP contribution < -0.4 is 5.73 Å². The van der Waals surface area contributed by atoms with Crippen molar-refractivity contribution in [2.24, 2.45) is 5.92 Å². The van der Waals surface area contributed by atoms with Gasteiger partial charge in [0.25, 0.3) is 0 Å². The highest BCUT2D eigenvalue weighted by molar-refractivity contribution is 7.89. The maximum absolute atomic E-state index is 12.6. The Morgan fingerprint density at radius 1 is 1.33 bits per heavy atom. The largest absolute Gasteiger partial charge is 0.398 e. The van der Waals surface area contributed by atoms with Gasteiger partial charge in [0, 0.05) is 32.5 Å². The lowest BCUT2D eigenvalue weighted by molar-refractivity contribution is 0.0620. The summed E-state index contributed by atoms with van der Waals surface area (Å²) in [5.74, 6) is 0.366. The van der Waals surface area contributed by atoms with Crippen molar-refractivity contribution in [2.75, 3.05) is 32.5 Å². The summed E-state index contributed by atoms with van der Waals surface area (Å²) in [6, 6.07) is 5.00. The van der Waals surface area contributed by atoms with Crippen molar-refractivity contribution in [2.45, 2.75) is 31.1 Å². The van der Waals surface area contributed by atoms with Crippen LogP contribution >= 0.6 is 0 Å². The van der Waals surface area contributed by atoms with Gasteiger partial charge >= 0.3 is 0 Å². The van der Waals surface area contributed by atoms with Gasteiger partial charge in [-0.25, -0.2) is 12.7 Å². The lowest BCUT2D eigenvalue weighted by Crippen LogP contribution is -2.34. The van der Waals surface area contributed by atoms with Gasteiger partial charge in [0.05, 0.1) is 4.90 Å². The number of rotatable bonds is 5. The van der Waals surface area contributed by atoms with E-state index in [1.165, 1.54) is 4.31 Å². The second-order valence-electron chi connectivity index (χ2n) is 5.56. The summed E-state index contributed by atoms with van der Waals surface area (Å²) in [5.41, 5.74) is 7.43. The van der Waals surface area contributed by atoms with Crippen LogP contribution in [0.3, 0.4) is 0 Å². The summed E-state index contributed by atoms with van der Waals surface area (Å²) in [4.78, 5) is 0.270. The van der Waals surface area contributed by atoms with Crippen molar-refractivity contribution in [1.82, 2.24) is 4.31 Å². The number of anilines is 1. The van der Waals surface area contributed by atoms with Crippen LogP contribution in [0, 0.1) is 5.92 Å². The molecule has 0 atom stereocenters. The Bertz CT molecular complexity index is 581. The maximum atomic E-state index is 12.6. The first-order valence-corrected chi connectivity index (χ1v) is 8.81. The third-order valence-corrected chi connectivity index (χ3v) is 5.88. The SMILES string of the molecule is CCc1ccc(S(=O)(=O)N(C)CC2CCOCC2)cc1N. The van der Waals surface area contributed by atoms with Gasteiger partial charge in [-0.2, -0.15) is 0 Å². The van der Waals surface area contributed by atoms with Gasteiger partial charge in [0.15, 0.2) is 0 Å². The molecule has 0 saturated carbocycles. The fraction of sp³-hybridized carbons (Fsp3) is 0.600. The molecule has 21 heavy (non-hydrogen) atoms. The number of hydrogen-bond acceptors (Lipinski definition) is 4. The van der Waals surface area contributed by atoms with E-state index in [4.69, 9.17) is 10.5 Å². The minimum atomic E-state index is -3.47. The fourth-order valence-corrected chi connectivity index (χ4v) is 3.91. The average Bonchev–Trinajstić information content (AvgIpc) is 2.48. The predicted molar refractivity (Wildman–Crippen MR) is 83.6 cm³/mol. The standard InChI is InChI=1S/C15H24N2O3S/c1-3-13-4-5-14(10-15(13)16)21(18,19)17(2)11-12-6-8-20-9-7-12/h4-5,10,12H,3,6-9,11,16H2,1-2H3. The molecule has 6 heteroatoms. The number of ether oxygens (including phenoxy) is 1. The van der Waals surface area contributed by atoms with Gasteiger partial charge in [0.2, 0.25) is 10.0 Å². The Balaban J connectivity index is 2.14. The molecule has 0 aromatic heterocycles. The van der Waals surface area contributed by atoms with Crippen LogP contribution in [0.5, 0.6) is 0 Å². The second-order valence-corrected chi connectivity index (χ2v) is 7.60. The summed E-state index contributed by atoms with van der Waals surface area (Å²) in [7, 11) is -1.84. The Labute approximate surface area is 127 Å². The van der Waals surface area contributed by atoms with Gasteiger partial charge < -0.3 is 10.5 Å². The van der Waals surface area contributed by atoms with Crippen LogP contribution in [-0.2, 0) is 21.2 Å². The van der Waals surface area contributed by atoms with Gasteiger partial charge in [-0.1, -0.05) is 13.0 Å². The number of benzene rings is 1. The lowest BCUT2D eigenvalue weighted by atomic mass is 10.0. The molecule has 0 unspecified atom stereocenters. The van der Waals surface area contributed by atoms with Gasteiger partial charge in [-0.05, 0) is 42.9 Å². The molecule has 0 amide bonds. The summed E-state index contributed by atoms with van der Waals surface area (Å²) in [6.45, 7) is 3.96. The molecule has 0 spiro atoms. The molecule has 0 bridgehead atoms. The number of sulfonamides is 1. The van der Waals surface area contributed by atoms with Crippen LogP contribution in [0.1, 0.15) is 25.3 Å². The number of nitrogen functional groups attached to an aromatic ring is 1. The van der Waals surface area contributed by atoms with Crippen LogP contribution in [0.2, 0.25) is 0 Å². The van der Waals surface area contributed by atoms with Crippen LogP contribution in [0.15, 0.2) is 23.1 Å². The zero-order valence-electron chi connectivity index (χ0n) is 12.7. The van der Waals surface area contributed by atoms with E-state index in [0.29, 0.717) is 18.2 Å². The smallest absolute Gasteiger partial charge is 0.242 e. The van der Waals surface area contributed by atoms with E-state index in [2.05, 4.69) is 0 Å². The number of nitrogens with two attached hydrogens (primary N) is 1. The van der Waals surface area contributed by atoms with E-state index in [0.717, 1.165) is 38.0 Å². The molecular formula is C15H24N2O3S. The number of hydrogen-bond donors (Lipinski definition) is 1. The maximum Gasteiger partial charge on any atom is 0.242 e. The van der Waals surface area contributed by atoms with E-state index < -0.39 is 10.0 Å². The average molecular weight is 312 g/mol. The summed E-state index contributed by atoms with van der Waals surface area (Å²) in [5, 5.41) is 0. The van der Waals surface area contributed by atoms with Crippen LogP contribution in [-0.4, -0.2) is 39.5 Å². The molecule has 1 aliphatic rings. The first-order valence-electron chi connectivity index (χ1n) is 7.37. The van der Waals surface area contributed by atoms with Gasteiger partial charge in [-0.15, -0.1) is 0 Å². The Morgan fingerprint density at radius 3 is 2.57 bits per heavy atom. The number of nitrogens with zero attached hydrogens (tertiary/aromatic N) is 1. The van der Waals surface area contributed by atoms with Gasteiger partial charge in [0.1, 0.15) is 0 Å². The predicted octanol–water partition coefficient (Wildman–Crippen LogP) is 1.88. The molecule has 0 radical (unpaired) electrons. The molecule has 1 fully saturated rings. The fourth-order valence-electron chi connectivity index (χ4n) is 2.63. The highest BCUT2D eigenvalue weighted by Gasteiger charge is 2.25. The molecule has 2 N–H and O–H groups in total. The monoisotopic (exact) mass is 312 g/mol. The zero-order chi connectivity index (χ0) is 15.5. The van der Waals surface area contributed by atoms with Crippen LogP contribution in [0.25, 0.3) is 0 Å². The Morgan fingerprint density at radius 2 is 2.00 bits per heavy atom. The molecular weight excluding hydrogens is 288 g/mol. The van der Waals surface area contributed by atoms with Crippen molar-refractivity contribution >= 4 is 15.7 Å². The second kappa shape index (κ2) is 6.77. The summed E-state index contributed by atoms with van der Waals surface area (Å²) >= 11 is 0. The third kappa shape index (κ3) is 3.75. The van der Waals surface area contributed by atoms with E-state index in [9.17, 15) is 8.42 Å². The highest BCUT2D eigenvalue weighted by atomic mass is 32.2. The van der Waals surface area contributed by atoms with Crippen molar-refractivity contribution in [3.63, 3.8) is 0 Å². The van der Waals surface area contributed by atoms with Crippen molar-refractivity contribution in [1.29, 1.82) is 0 Å². The summed E-state index contributed by atoms with van der Waals surface area (Å²) in [6.07, 6.45) is 2.62. The lowest BCUT2D eigenvalue weighted by Gasteiger charge is -2.26. The van der Waals surface area contributed by atoms with E-state index in [1.54, 1.807) is 25.2 Å². The molecule has 1 aromatic rings. The molecule has 1 aromatic carbocycles. The molecule has 0 aliphatic carbocycles. The number of aryl methyl sites for hydroxylation is 1. The minimum Gasteiger partial charge on any atom is -0.398 e. The Kier molecular flexibility index (Phi) is 5.24. The van der Waals surface area contributed by atoms with E-state index >= 15 is 0 Å². The Hall–Kier alpha value is -1.11. The first kappa shape index (κ1) is 16.3. The third-order valence-electron chi connectivity index (χ3n) is 4.06. The van der Waals surface area contributed by atoms with E-state index in [1.807, 2.05) is 6.92 Å². The van der Waals surface area contributed by atoms with Crippen LogP contribution in [0.4, 0.5) is 5.69 Å². The minimum absolute atomic E-state index is 0.270. The molecule has 118 valence electrons. The van der Waals surface area contributed by atoms with Crippen molar-refractivity contribution in [3.8, 4) is 0 Å². The quantitative estimate of drug-likeness (QED) is 0.843. The molecule has 5 nitrogen and oxygen atoms in total. The topological polar surface area (TPSA) is 72.6 Å². The highest BCUT2D eigenvalue weighted by Crippen LogP contribution is 2.23. The first-order chi connectivity index (χ1) is 9.95. The normalized spacial score (nSPS) is 17.3. The zero-order valence-corrected chi connectivity index (χ0v) is 13.5. The molecule has 2 rings (SSSR count).